The summed E-state index contributed by atoms with van der Waals surface area (Å²) in [5.41, 5.74) is 3.28. The Morgan fingerprint density at radius 1 is 1.21 bits per heavy atom. The first-order chi connectivity index (χ1) is 15.8. The van der Waals surface area contributed by atoms with Crippen molar-refractivity contribution in [3.05, 3.63) is 45.4 Å². The number of nitrogens with one attached hydrogen (secondary N) is 2. The van der Waals surface area contributed by atoms with Crippen molar-refractivity contribution >= 4 is 29.0 Å². The van der Waals surface area contributed by atoms with E-state index in [-0.39, 0.29) is 18.0 Å². The summed E-state index contributed by atoms with van der Waals surface area (Å²) in [4.78, 5) is 34.1. The van der Waals surface area contributed by atoms with Crippen molar-refractivity contribution in [1.29, 1.82) is 0 Å². The summed E-state index contributed by atoms with van der Waals surface area (Å²) >= 11 is 1.40. The van der Waals surface area contributed by atoms with Crippen LogP contribution in [0.4, 0.5) is 10.5 Å². The van der Waals surface area contributed by atoms with E-state index in [0.29, 0.717) is 18.8 Å². The van der Waals surface area contributed by atoms with Gasteiger partial charge in [-0.3, -0.25) is 9.69 Å². The molecule has 9 heteroatoms. The Hall–Kier alpha value is -2.49. The van der Waals surface area contributed by atoms with Gasteiger partial charge in [-0.15, -0.1) is 11.3 Å². The highest BCUT2D eigenvalue weighted by Gasteiger charge is 2.21. The second kappa shape index (κ2) is 12.1. The van der Waals surface area contributed by atoms with Gasteiger partial charge in [0.15, 0.2) is 0 Å². The average molecular weight is 474 g/mol. The molecule has 33 heavy (non-hydrogen) atoms. The van der Waals surface area contributed by atoms with Crippen molar-refractivity contribution in [2.75, 3.05) is 44.7 Å². The first kappa shape index (κ1) is 25.1. The molecule has 180 valence electrons. The van der Waals surface area contributed by atoms with Gasteiger partial charge in [-0.2, -0.15) is 0 Å². The molecule has 8 nitrogen and oxygen atoms in total. The quantitative estimate of drug-likeness (QED) is 0.543. The molecule has 1 fully saturated rings. The number of carbonyl (C=O) groups is 2. The van der Waals surface area contributed by atoms with Crippen LogP contribution in [0.1, 0.15) is 46.9 Å². The van der Waals surface area contributed by atoms with Crippen LogP contribution in [0.2, 0.25) is 0 Å². The molecule has 0 aliphatic carbocycles. The highest BCUT2D eigenvalue weighted by molar-refractivity contribution is 7.09. The minimum atomic E-state index is -0.174. The lowest BCUT2D eigenvalue weighted by atomic mass is 10.1. The topological polar surface area (TPSA) is 86.8 Å². The number of aromatic nitrogens is 1. The molecule has 2 N–H and O–H groups in total. The van der Waals surface area contributed by atoms with E-state index in [9.17, 15) is 9.59 Å². The number of amides is 3. The van der Waals surface area contributed by atoms with E-state index in [1.165, 1.54) is 11.3 Å². The van der Waals surface area contributed by atoms with Crippen molar-refractivity contribution < 1.29 is 14.3 Å². The number of aryl methyl sites for hydroxylation is 2. The van der Waals surface area contributed by atoms with Gasteiger partial charge in [0.05, 0.1) is 19.8 Å². The number of benzene rings is 1. The Bertz CT molecular complexity index is 920. The summed E-state index contributed by atoms with van der Waals surface area (Å²) in [7, 11) is 0. The van der Waals surface area contributed by atoms with Crippen LogP contribution >= 0.6 is 11.3 Å². The number of morpholine rings is 1. The number of nitrogens with zero attached hydrogens (tertiary/aromatic N) is 3. The first-order valence-electron chi connectivity index (χ1n) is 11.5. The maximum absolute atomic E-state index is 13.0. The van der Waals surface area contributed by atoms with Crippen molar-refractivity contribution in [3.8, 4) is 0 Å². The monoisotopic (exact) mass is 473 g/mol. The molecule has 1 aliphatic rings. The third-order valence-corrected chi connectivity index (χ3v) is 6.56. The van der Waals surface area contributed by atoms with Crippen LogP contribution < -0.4 is 10.6 Å². The lowest BCUT2D eigenvalue weighted by Gasteiger charge is -2.27. The number of para-hydroxylation sites is 1. The Morgan fingerprint density at radius 2 is 1.91 bits per heavy atom. The predicted octanol–water partition coefficient (Wildman–Crippen LogP) is 3.65. The molecule has 0 saturated carbocycles. The second-order valence-electron chi connectivity index (χ2n) is 8.61. The fraction of sp³-hybridized carbons (Fsp3) is 0.542. The van der Waals surface area contributed by atoms with Gasteiger partial charge in [-0.05, 0) is 51.8 Å². The van der Waals surface area contributed by atoms with Crippen LogP contribution in [0.25, 0.3) is 0 Å². The minimum absolute atomic E-state index is 0.0179. The van der Waals surface area contributed by atoms with Crippen molar-refractivity contribution in [2.24, 2.45) is 0 Å². The van der Waals surface area contributed by atoms with Gasteiger partial charge in [0.25, 0.3) is 5.91 Å². The van der Waals surface area contributed by atoms with Crippen LogP contribution in [-0.2, 0) is 11.3 Å². The molecule has 0 spiro atoms. The number of rotatable bonds is 9. The van der Waals surface area contributed by atoms with Crippen molar-refractivity contribution in [3.63, 3.8) is 0 Å². The average Bonchev–Trinajstić information content (AvgIpc) is 3.27. The third kappa shape index (κ3) is 7.25. The van der Waals surface area contributed by atoms with Gasteiger partial charge in [0.2, 0.25) is 0 Å². The van der Waals surface area contributed by atoms with E-state index >= 15 is 0 Å². The molecule has 1 saturated heterocycles. The zero-order chi connectivity index (χ0) is 23.8. The zero-order valence-electron chi connectivity index (χ0n) is 20.0. The molecule has 1 aliphatic heterocycles. The van der Waals surface area contributed by atoms with Gasteiger partial charge >= 0.3 is 6.03 Å². The Labute approximate surface area is 200 Å². The van der Waals surface area contributed by atoms with Crippen LogP contribution in [0.3, 0.4) is 0 Å². The number of carbonyl (C=O) groups excluding carboxylic acids is 2. The molecular weight excluding hydrogens is 438 g/mol. The molecule has 0 radical (unpaired) electrons. The maximum Gasteiger partial charge on any atom is 0.322 e. The van der Waals surface area contributed by atoms with E-state index in [2.05, 4.69) is 20.5 Å². The van der Waals surface area contributed by atoms with Crippen LogP contribution in [0.5, 0.6) is 0 Å². The summed E-state index contributed by atoms with van der Waals surface area (Å²) in [6.07, 6.45) is 0.891. The van der Waals surface area contributed by atoms with Gasteiger partial charge in [0.1, 0.15) is 10.7 Å². The van der Waals surface area contributed by atoms with Crippen LogP contribution in [-0.4, -0.2) is 72.2 Å². The summed E-state index contributed by atoms with van der Waals surface area (Å²) < 4.78 is 5.35. The number of hydrogen-bond acceptors (Lipinski definition) is 6. The minimum Gasteiger partial charge on any atom is -0.379 e. The summed E-state index contributed by atoms with van der Waals surface area (Å²) in [5.74, 6) is -0.171. The maximum atomic E-state index is 13.0. The SMILES string of the molecule is Cc1cccc(C)c1NC(=O)N(Cc1nc(C(=O)NCCCN2CCOCC2)cs1)C(C)C. The smallest absolute Gasteiger partial charge is 0.322 e. The van der Waals surface area contributed by atoms with Gasteiger partial charge in [0, 0.05) is 36.7 Å². The summed E-state index contributed by atoms with van der Waals surface area (Å²) in [6.45, 7) is 13.3. The van der Waals surface area contributed by atoms with E-state index in [1.807, 2.05) is 45.9 Å². The van der Waals surface area contributed by atoms with Gasteiger partial charge in [-0.1, -0.05) is 18.2 Å². The molecule has 3 amide bonds. The number of thiazole rings is 1. The molecule has 3 rings (SSSR count). The highest BCUT2D eigenvalue weighted by Crippen LogP contribution is 2.21. The largest absolute Gasteiger partial charge is 0.379 e. The molecule has 0 bridgehead atoms. The Kier molecular flexibility index (Phi) is 9.22. The fourth-order valence-corrected chi connectivity index (χ4v) is 4.50. The number of urea groups is 1. The number of ether oxygens (including phenoxy) is 1. The number of anilines is 1. The lowest BCUT2D eigenvalue weighted by molar-refractivity contribution is 0.0374. The van der Waals surface area contributed by atoms with E-state index in [4.69, 9.17) is 4.74 Å². The molecule has 0 unspecified atom stereocenters. The predicted molar refractivity (Wildman–Crippen MR) is 132 cm³/mol. The lowest BCUT2D eigenvalue weighted by Crippen LogP contribution is -2.39. The van der Waals surface area contributed by atoms with E-state index < -0.39 is 0 Å². The van der Waals surface area contributed by atoms with Crippen LogP contribution in [0, 0.1) is 13.8 Å². The fourth-order valence-electron chi connectivity index (χ4n) is 3.73. The van der Waals surface area contributed by atoms with Crippen molar-refractivity contribution in [1.82, 2.24) is 20.1 Å². The molecule has 2 aromatic rings. The number of hydrogen-bond donors (Lipinski definition) is 2. The summed E-state index contributed by atoms with van der Waals surface area (Å²) in [5, 5.41) is 8.49. The van der Waals surface area contributed by atoms with Gasteiger partial charge < -0.3 is 20.3 Å². The normalized spacial score (nSPS) is 14.3. The molecular formula is C24H35N5O3S. The standard InChI is InChI=1S/C24H35N5O3S/c1-17(2)29(24(31)27-22-18(3)7-5-8-19(22)4)15-21-26-20(16-33-21)23(30)25-9-6-10-28-11-13-32-14-12-28/h5,7-8,16-17H,6,9-15H2,1-4H3,(H,25,30)(H,27,31). The van der Waals surface area contributed by atoms with E-state index in [0.717, 1.165) is 61.1 Å². The first-order valence-corrected chi connectivity index (χ1v) is 12.4. The van der Waals surface area contributed by atoms with E-state index in [1.54, 1.807) is 10.3 Å². The van der Waals surface area contributed by atoms with Crippen molar-refractivity contribution in [2.45, 2.75) is 46.7 Å². The molecule has 2 heterocycles. The highest BCUT2D eigenvalue weighted by atomic mass is 32.1. The van der Waals surface area contributed by atoms with Crippen LogP contribution in [0.15, 0.2) is 23.6 Å². The third-order valence-electron chi connectivity index (χ3n) is 5.73. The molecule has 1 aromatic carbocycles. The molecule has 0 atom stereocenters. The second-order valence-corrected chi connectivity index (χ2v) is 9.55. The summed E-state index contributed by atoms with van der Waals surface area (Å²) in [6, 6.07) is 5.75. The van der Waals surface area contributed by atoms with Gasteiger partial charge in [-0.25, -0.2) is 9.78 Å². The Morgan fingerprint density at radius 3 is 2.58 bits per heavy atom. The molecule has 1 aromatic heterocycles. The Balaban J connectivity index is 1.52. The zero-order valence-corrected chi connectivity index (χ0v) is 20.8.